The molecule has 2 rings (SSSR count). The highest BCUT2D eigenvalue weighted by Gasteiger charge is 2.12. The van der Waals surface area contributed by atoms with Crippen molar-refractivity contribution >= 4 is 34.8 Å². The third-order valence-corrected chi connectivity index (χ3v) is 3.26. The Balaban J connectivity index is 2.17. The van der Waals surface area contributed by atoms with Crippen LogP contribution in [0.1, 0.15) is 15.9 Å². The molecule has 2 aromatic rings. The quantitative estimate of drug-likeness (QED) is 0.872. The minimum atomic E-state index is -0.314. The summed E-state index contributed by atoms with van der Waals surface area (Å²) >= 11 is 11.8. The lowest BCUT2D eigenvalue weighted by Gasteiger charge is -2.12. The van der Waals surface area contributed by atoms with Gasteiger partial charge in [0.25, 0.3) is 5.91 Å². The van der Waals surface area contributed by atoms with Crippen molar-refractivity contribution in [2.45, 2.75) is 6.54 Å². The molecule has 0 unspecified atom stereocenters. The Morgan fingerprint density at radius 1 is 1.29 bits per heavy atom. The van der Waals surface area contributed by atoms with Crippen LogP contribution in [0.4, 0.5) is 5.69 Å². The molecule has 0 fully saturated rings. The van der Waals surface area contributed by atoms with Crippen molar-refractivity contribution in [3.63, 3.8) is 0 Å². The van der Waals surface area contributed by atoms with Crippen LogP contribution in [-0.2, 0) is 6.54 Å². The number of halogens is 2. The number of pyridine rings is 1. The zero-order valence-electron chi connectivity index (χ0n) is 11.7. The lowest BCUT2D eigenvalue weighted by atomic mass is 10.2. The molecule has 0 radical (unpaired) electrons. The van der Waals surface area contributed by atoms with Crippen LogP contribution in [0.2, 0.25) is 10.2 Å². The van der Waals surface area contributed by atoms with Crippen molar-refractivity contribution in [1.82, 2.24) is 9.88 Å². The van der Waals surface area contributed by atoms with Gasteiger partial charge in [-0.1, -0.05) is 35.3 Å². The zero-order chi connectivity index (χ0) is 15.4. The normalized spacial score (nSPS) is 10.7. The van der Waals surface area contributed by atoms with Crippen molar-refractivity contribution in [2.24, 2.45) is 0 Å². The van der Waals surface area contributed by atoms with Gasteiger partial charge in [0.2, 0.25) is 0 Å². The molecule has 0 aliphatic rings. The molecule has 1 amide bonds. The molecule has 1 N–H and O–H groups in total. The highest BCUT2D eigenvalue weighted by molar-refractivity contribution is 6.35. The summed E-state index contributed by atoms with van der Waals surface area (Å²) in [6, 6.07) is 9.10. The average molecular weight is 324 g/mol. The highest BCUT2D eigenvalue weighted by atomic mass is 35.5. The number of hydrogen-bond donors (Lipinski definition) is 1. The van der Waals surface area contributed by atoms with E-state index in [0.717, 1.165) is 12.1 Å². The van der Waals surface area contributed by atoms with Gasteiger partial charge in [0, 0.05) is 18.4 Å². The Morgan fingerprint density at radius 2 is 2.05 bits per heavy atom. The Bertz CT molecular complexity index is 659. The molecule has 6 heteroatoms. The number of hydrogen-bond acceptors (Lipinski definition) is 3. The Hall–Kier alpha value is -1.62. The van der Waals surface area contributed by atoms with Crippen LogP contribution in [0, 0.1) is 0 Å². The van der Waals surface area contributed by atoms with Crippen molar-refractivity contribution < 1.29 is 4.79 Å². The highest BCUT2D eigenvalue weighted by Crippen LogP contribution is 2.20. The Morgan fingerprint density at radius 3 is 2.76 bits per heavy atom. The van der Waals surface area contributed by atoms with E-state index in [0.29, 0.717) is 11.3 Å². The van der Waals surface area contributed by atoms with Crippen LogP contribution in [0.5, 0.6) is 0 Å². The molecule has 0 bridgehead atoms. The molecule has 1 aromatic heterocycles. The Labute approximate surface area is 133 Å². The van der Waals surface area contributed by atoms with Crippen molar-refractivity contribution in [3.8, 4) is 0 Å². The lowest BCUT2D eigenvalue weighted by Crippen LogP contribution is -2.14. The minimum absolute atomic E-state index is 0.228. The summed E-state index contributed by atoms with van der Waals surface area (Å²) in [5.41, 5.74) is 2.12. The predicted octanol–water partition coefficient (Wildman–Crippen LogP) is 3.70. The van der Waals surface area contributed by atoms with Gasteiger partial charge in [-0.15, -0.1) is 0 Å². The van der Waals surface area contributed by atoms with Gasteiger partial charge in [0.05, 0.1) is 10.6 Å². The van der Waals surface area contributed by atoms with Crippen molar-refractivity contribution in [3.05, 3.63) is 57.8 Å². The topological polar surface area (TPSA) is 45.2 Å². The van der Waals surface area contributed by atoms with Gasteiger partial charge in [0.1, 0.15) is 5.15 Å². The maximum absolute atomic E-state index is 12.2. The molecule has 0 saturated heterocycles. The van der Waals surface area contributed by atoms with E-state index in [1.807, 2.05) is 38.4 Å². The van der Waals surface area contributed by atoms with E-state index in [1.54, 1.807) is 0 Å². The van der Waals surface area contributed by atoms with E-state index in [-0.39, 0.29) is 16.1 Å². The van der Waals surface area contributed by atoms with Gasteiger partial charge in [-0.3, -0.25) is 4.79 Å². The van der Waals surface area contributed by atoms with Gasteiger partial charge < -0.3 is 10.2 Å². The fourth-order valence-electron chi connectivity index (χ4n) is 1.90. The maximum atomic E-state index is 12.2. The molecule has 4 nitrogen and oxygen atoms in total. The van der Waals surface area contributed by atoms with Crippen LogP contribution < -0.4 is 5.32 Å². The van der Waals surface area contributed by atoms with Gasteiger partial charge in [-0.2, -0.15) is 0 Å². The fourth-order valence-corrected chi connectivity index (χ4v) is 2.25. The largest absolute Gasteiger partial charge is 0.322 e. The smallest absolute Gasteiger partial charge is 0.257 e. The summed E-state index contributed by atoms with van der Waals surface area (Å²) < 4.78 is 0. The fraction of sp³-hybridized carbons (Fsp3) is 0.200. The van der Waals surface area contributed by atoms with Gasteiger partial charge in [-0.05, 0) is 37.9 Å². The molecule has 0 aliphatic carbocycles. The van der Waals surface area contributed by atoms with Gasteiger partial charge in [0.15, 0.2) is 0 Å². The molecule has 0 saturated carbocycles. The third-order valence-electron chi connectivity index (χ3n) is 2.75. The first-order chi connectivity index (χ1) is 9.95. The number of amides is 1. The number of benzene rings is 1. The first-order valence-electron chi connectivity index (χ1n) is 6.32. The molecule has 0 aliphatic heterocycles. The van der Waals surface area contributed by atoms with E-state index in [4.69, 9.17) is 23.2 Å². The first-order valence-corrected chi connectivity index (χ1v) is 7.07. The van der Waals surface area contributed by atoms with Crippen LogP contribution >= 0.6 is 23.2 Å². The van der Waals surface area contributed by atoms with Crippen LogP contribution in [0.15, 0.2) is 36.5 Å². The van der Waals surface area contributed by atoms with Gasteiger partial charge in [-0.25, -0.2) is 4.98 Å². The number of nitrogens with zero attached hydrogens (tertiary/aromatic N) is 2. The van der Waals surface area contributed by atoms with E-state index >= 15 is 0 Å². The van der Waals surface area contributed by atoms with Crippen LogP contribution in [0.3, 0.4) is 0 Å². The third kappa shape index (κ3) is 4.43. The van der Waals surface area contributed by atoms with Crippen molar-refractivity contribution in [2.75, 3.05) is 19.4 Å². The van der Waals surface area contributed by atoms with Crippen molar-refractivity contribution in [1.29, 1.82) is 0 Å². The molecule has 1 heterocycles. The lowest BCUT2D eigenvalue weighted by molar-refractivity contribution is 0.102. The van der Waals surface area contributed by atoms with Crippen LogP contribution in [0.25, 0.3) is 0 Å². The molecule has 21 heavy (non-hydrogen) atoms. The second-order valence-corrected chi connectivity index (χ2v) is 5.67. The molecular weight excluding hydrogens is 309 g/mol. The Kier molecular flexibility index (Phi) is 5.17. The van der Waals surface area contributed by atoms with E-state index < -0.39 is 0 Å². The summed E-state index contributed by atoms with van der Waals surface area (Å²) in [6.07, 6.45) is 1.36. The standard InChI is InChI=1S/C15H15Cl2N3O/c1-20(2)9-10-4-3-5-11(6-10)19-15(21)12-7-14(17)18-8-13(12)16/h3-8H,9H2,1-2H3,(H,19,21). The molecular formula is C15H15Cl2N3O. The predicted molar refractivity (Wildman–Crippen MR) is 86.0 cm³/mol. The zero-order valence-corrected chi connectivity index (χ0v) is 13.2. The number of rotatable bonds is 4. The van der Waals surface area contributed by atoms with Gasteiger partial charge >= 0.3 is 0 Å². The number of nitrogens with one attached hydrogen (secondary N) is 1. The minimum Gasteiger partial charge on any atom is -0.322 e. The molecule has 110 valence electrons. The first kappa shape index (κ1) is 15.8. The second-order valence-electron chi connectivity index (χ2n) is 4.88. The molecule has 0 atom stereocenters. The summed E-state index contributed by atoms with van der Waals surface area (Å²) in [4.78, 5) is 18.1. The van der Waals surface area contributed by atoms with E-state index in [9.17, 15) is 4.79 Å². The summed E-state index contributed by atoms with van der Waals surface area (Å²) in [5.74, 6) is -0.314. The monoisotopic (exact) mass is 323 g/mol. The summed E-state index contributed by atoms with van der Waals surface area (Å²) in [6.45, 7) is 0.797. The molecule has 0 spiro atoms. The number of anilines is 1. The number of carbonyl (C=O) groups is 1. The SMILES string of the molecule is CN(C)Cc1cccc(NC(=O)c2cc(Cl)ncc2Cl)c1. The van der Waals surface area contributed by atoms with Crippen LogP contribution in [-0.4, -0.2) is 29.9 Å². The number of aromatic nitrogens is 1. The average Bonchev–Trinajstić information content (AvgIpc) is 2.41. The second kappa shape index (κ2) is 6.89. The molecule has 1 aromatic carbocycles. The van der Waals surface area contributed by atoms with E-state index in [2.05, 4.69) is 15.2 Å². The number of carbonyl (C=O) groups excluding carboxylic acids is 1. The summed E-state index contributed by atoms with van der Waals surface area (Å²) in [7, 11) is 3.98. The summed E-state index contributed by atoms with van der Waals surface area (Å²) in [5, 5.41) is 3.30. The maximum Gasteiger partial charge on any atom is 0.257 e. The van der Waals surface area contributed by atoms with E-state index in [1.165, 1.54) is 12.3 Å².